The van der Waals surface area contributed by atoms with E-state index in [-0.39, 0.29) is 17.5 Å². The van der Waals surface area contributed by atoms with E-state index in [4.69, 9.17) is 0 Å². The highest BCUT2D eigenvalue weighted by atomic mass is 16.3. The largest absolute Gasteiger partial charge is 0.503 e. The molecule has 3 heterocycles. The Kier molecular flexibility index (Phi) is 4.10. The fourth-order valence-corrected chi connectivity index (χ4v) is 2.88. The maximum absolute atomic E-state index is 10.4. The number of rotatable bonds is 6. The van der Waals surface area contributed by atoms with Gasteiger partial charge in [0.15, 0.2) is 5.75 Å². The summed E-state index contributed by atoms with van der Waals surface area (Å²) in [5, 5.41) is 27.6. The molecule has 0 radical (unpaired) electrons. The van der Waals surface area contributed by atoms with E-state index in [1.807, 2.05) is 30.7 Å². The summed E-state index contributed by atoms with van der Waals surface area (Å²) in [7, 11) is 0. The summed E-state index contributed by atoms with van der Waals surface area (Å²) < 4.78 is 3.73. The van der Waals surface area contributed by atoms with Crippen LogP contribution in [-0.4, -0.2) is 34.5 Å². The average molecular weight is 315 g/mol. The average Bonchev–Trinajstić information content (AvgIpc) is 3.23. The van der Waals surface area contributed by atoms with Crippen molar-refractivity contribution in [2.45, 2.75) is 39.3 Å². The highest BCUT2D eigenvalue weighted by Crippen LogP contribution is 2.44. The normalized spacial score (nSPS) is 11.4. The summed E-state index contributed by atoms with van der Waals surface area (Å²) in [6.45, 7) is 5.35. The second-order valence-electron chi connectivity index (χ2n) is 5.87. The van der Waals surface area contributed by atoms with E-state index in [1.165, 1.54) is 0 Å². The van der Waals surface area contributed by atoms with E-state index in [0.29, 0.717) is 6.54 Å². The van der Waals surface area contributed by atoms with Crippen LogP contribution < -0.4 is 0 Å². The zero-order valence-electron chi connectivity index (χ0n) is 13.3. The number of aromatic amines is 1. The molecule has 0 bridgehead atoms. The number of nitrogens with zero attached hydrogens (tertiary/aromatic N) is 4. The predicted molar refractivity (Wildman–Crippen MR) is 86.3 cm³/mol. The molecule has 3 rings (SSSR count). The van der Waals surface area contributed by atoms with Crippen molar-refractivity contribution in [3.8, 4) is 23.0 Å². The molecule has 7 nitrogen and oxygen atoms in total. The molecule has 3 aromatic heterocycles. The molecule has 0 saturated carbocycles. The molecule has 3 aromatic rings. The standard InChI is InChI=1S/C16H21N5O2/c1-11(2)13-14(12-4-5-18-19-12)21(16(23)15(13)22)8-3-7-20-9-6-17-10-20/h4-6,9-11,22-23H,3,7-8H2,1-2H3,(H,18,19). The van der Waals surface area contributed by atoms with Gasteiger partial charge >= 0.3 is 0 Å². The highest BCUT2D eigenvalue weighted by Gasteiger charge is 2.25. The van der Waals surface area contributed by atoms with E-state index >= 15 is 0 Å². The number of aromatic nitrogens is 5. The molecule has 0 aliphatic carbocycles. The third kappa shape index (κ3) is 2.81. The van der Waals surface area contributed by atoms with Gasteiger partial charge in [0.1, 0.15) is 0 Å². The Morgan fingerprint density at radius 1 is 1.22 bits per heavy atom. The Balaban J connectivity index is 1.93. The summed E-state index contributed by atoms with van der Waals surface area (Å²) in [6.07, 6.45) is 7.88. The molecule has 0 aliphatic rings. The van der Waals surface area contributed by atoms with E-state index in [0.717, 1.165) is 29.9 Å². The van der Waals surface area contributed by atoms with Gasteiger partial charge in [0, 0.05) is 37.2 Å². The fourth-order valence-electron chi connectivity index (χ4n) is 2.88. The van der Waals surface area contributed by atoms with Gasteiger partial charge < -0.3 is 19.3 Å². The number of imidazole rings is 1. The monoisotopic (exact) mass is 315 g/mol. The zero-order valence-corrected chi connectivity index (χ0v) is 13.3. The van der Waals surface area contributed by atoms with Crippen molar-refractivity contribution in [3.63, 3.8) is 0 Å². The van der Waals surface area contributed by atoms with Gasteiger partial charge in [-0.05, 0) is 18.4 Å². The van der Waals surface area contributed by atoms with Crippen LogP contribution in [0.15, 0.2) is 31.0 Å². The molecule has 0 amide bonds. The fraction of sp³-hybridized carbons (Fsp3) is 0.375. The molecule has 3 N–H and O–H groups in total. The molecular formula is C16H21N5O2. The Morgan fingerprint density at radius 3 is 2.65 bits per heavy atom. The van der Waals surface area contributed by atoms with Gasteiger partial charge in [-0.15, -0.1) is 0 Å². The first-order valence-corrected chi connectivity index (χ1v) is 7.69. The summed E-state index contributed by atoms with van der Waals surface area (Å²) in [4.78, 5) is 4.02. The number of H-pyrrole nitrogens is 1. The second-order valence-corrected chi connectivity index (χ2v) is 5.87. The van der Waals surface area contributed by atoms with Gasteiger partial charge in [0.2, 0.25) is 5.88 Å². The van der Waals surface area contributed by atoms with Gasteiger partial charge in [-0.3, -0.25) is 5.10 Å². The molecule has 0 aliphatic heterocycles. The van der Waals surface area contributed by atoms with Crippen LogP contribution in [0.5, 0.6) is 11.6 Å². The smallest absolute Gasteiger partial charge is 0.235 e. The first-order chi connectivity index (χ1) is 11.1. The number of aromatic hydroxyl groups is 2. The quantitative estimate of drug-likeness (QED) is 0.652. The lowest BCUT2D eigenvalue weighted by atomic mass is 10.0. The first kappa shape index (κ1) is 15.2. The molecule has 7 heteroatoms. The molecular weight excluding hydrogens is 294 g/mol. The van der Waals surface area contributed by atoms with E-state index in [1.54, 1.807) is 23.3 Å². The molecule has 0 fully saturated rings. The molecule has 0 atom stereocenters. The van der Waals surface area contributed by atoms with Gasteiger partial charge in [-0.25, -0.2) is 4.98 Å². The molecule has 0 aromatic carbocycles. The van der Waals surface area contributed by atoms with E-state index in [9.17, 15) is 10.2 Å². The maximum Gasteiger partial charge on any atom is 0.235 e. The van der Waals surface area contributed by atoms with Crippen LogP contribution in [0.1, 0.15) is 31.7 Å². The second kappa shape index (κ2) is 6.20. The SMILES string of the molecule is CC(C)c1c(O)c(O)n(CCCn2ccnc2)c1-c1ccn[nH]1. The summed E-state index contributed by atoms with van der Waals surface area (Å²) in [5.74, 6) is -0.0646. The van der Waals surface area contributed by atoms with Crippen LogP contribution in [0.2, 0.25) is 0 Å². The molecule has 23 heavy (non-hydrogen) atoms. The van der Waals surface area contributed by atoms with Crippen molar-refractivity contribution in [2.75, 3.05) is 0 Å². The van der Waals surface area contributed by atoms with Crippen molar-refractivity contribution >= 4 is 0 Å². The third-order valence-electron chi connectivity index (χ3n) is 3.94. The van der Waals surface area contributed by atoms with Crippen molar-refractivity contribution in [1.29, 1.82) is 0 Å². The van der Waals surface area contributed by atoms with Gasteiger partial charge in [0.25, 0.3) is 0 Å². The summed E-state index contributed by atoms with van der Waals surface area (Å²) >= 11 is 0. The van der Waals surface area contributed by atoms with E-state index in [2.05, 4.69) is 15.2 Å². The predicted octanol–water partition coefficient (Wildman–Crippen LogP) is 2.70. The molecule has 0 spiro atoms. The van der Waals surface area contributed by atoms with Crippen LogP contribution in [0.4, 0.5) is 0 Å². The summed E-state index contributed by atoms with van der Waals surface area (Å²) in [6, 6.07) is 1.84. The van der Waals surface area contributed by atoms with Crippen molar-refractivity contribution < 1.29 is 10.2 Å². The van der Waals surface area contributed by atoms with Gasteiger partial charge in [-0.1, -0.05) is 13.8 Å². The van der Waals surface area contributed by atoms with Gasteiger partial charge in [-0.2, -0.15) is 5.10 Å². The summed E-state index contributed by atoms with van der Waals surface area (Å²) in [5.41, 5.74) is 2.31. The Morgan fingerprint density at radius 2 is 2.04 bits per heavy atom. The van der Waals surface area contributed by atoms with E-state index < -0.39 is 0 Å². The number of nitrogens with one attached hydrogen (secondary N) is 1. The number of hydrogen-bond donors (Lipinski definition) is 3. The minimum Gasteiger partial charge on any atom is -0.503 e. The van der Waals surface area contributed by atoms with Crippen LogP contribution in [0, 0.1) is 0 Å². The number of hydrogen-bond acceptors (Lipinski definition) is 4. The lowest BCUT2D eigenvalue weighted by molar-refractivity contribution is 0.366. The highest BCUT2D eigenvalue weighted by molar-refractivity contribution is 5.68. The maximum atomic E-state index is 10.4. The van der Waals surface area contributed by atoms with Crippen LogP contribution >= 0.6 is 0 Å². The lowest BCUT2D eigenvalue weighted by Gasteiger charge is -2.12. The molecule has 0 unspecified atom stereocenters. The minimum atomic E-state index is -0.0936. The third-order valence-corrected chi connectivity index (χ3v) is 3.94. The minimum absolute atomic E-state index is 0.0489. The van der Waals surface area contributed by atoms with Crippen LogP contribution in [0.25, 0.3) is 11.4 Å². The van der Waals surface area contributed by atoms with Crippen molar-refractivity contribution in [3.05, 3.63) is 36.5 Å². The zero-order chi connectivity index (χ0) is 16.4. The topological polar surface area (TPSA) is 91.9 Å². The Hall–Kier alpha value is -2.70. The Bertz CT molecular complexity index is 757. The Labute approximate surface area is 134 Å². The lowest BCUT2D eigenvalue weighted by Crippen LogP contribution is -2.05. The van der Waals surface area contributed by atoms with Crippen LogP contribution in [0.3, 0.4) is 0 Å². The molecule has 0 saturated heterocycles. The van der Waals surface area contributed by atoms with Crippen LogP contribution in [-0.2, 0) is 13.1 Å². The number of aryl methyl sites for hydroxylation is 1. The van der Waals surface area contributed by atoms with Gasteiger partial charge in [0.05, 0.1) is 17.7 Å². The van der Waals surface area contributed by atoms with Crippen molar-refractivity contribution in [1.82, 2.24) is 24.3 Å². The van der Waals surface area contributed by atoms with Crippen molar-refractivity contribution in [2.24, 2.45) is 0 Å². The molecule has 122 valence electrons. The first-order valence-electron chi connectivity index (χ1n) is 7.69.